The Morgan fingerprint density at radius 2 is 2.11 bits per heavy atom. The van der Waals surface area contributed by atoms with Gasteiger partial charge in [0.25, 0.3) is 0 Å². The number of carboxylic acids is 1. The zero-order chi connectivity index (χ0) is 14.2. The van der Waals surface area contributed by atoms with Crippen molar-refractivity contribution in [2.75, 3.05) is 7.11 Å². The van der Waals surface area contributed by atoms with Gasteiger partial charge in [-0.3, -0.25) is 4.79 Å². The van der Waals surface area contributed by atoms with Crippen molar-refractivity contribution in [1.29, 1.82) is 0 Å². The Morgan fingerprint density at radius 3 is 2.53 bits per heavy atom. The van der Waals surface area contributed by atoms with Crippen molar-refractivity contribution in [3.8, 4) is 5.75 Å². The standard InChI is InChI=1S/C15H19ClO3/c1-9(2)10-6-11(14(16)12(7-10)19-3)15(4-5-15)8-13(17)18/h6-7,9H,4-5,8H2,1-3H3,(H,17,18). The van der Waals surface area contributed by atoms with Crippen molar-refractivity contribution in [1.82, 2.24) is 0 Å². The quantitative estimate of drug-likeness (QED) is 0.888. The highest BCUT2D eigenvalue weighted by molar-refractivity contribution is 6.33. The molecule has 3 nitrogen and oxygen atoms in total. The van der Waals surface area contributed by atoms with Crippen molar-refractivity contribution in [2.24, 2.45) is 0 Å². The molecule has 1 saturated carbocycles. The lowest BCUT2D eigenvalue weighted by Gasteiger charge is -2.20. The first-order valence-electron chi connectivity index (χ1n) is 6.49. The molecule has 0 radical (unpaired) electrons. The largest absolute Gasteiger partial charge is 0.495 e. The van der Waals surface area contributed by atoms with Crippen LogP contribution in [0.5, 0.6) is 5.75 Å². The molecule has 0 aromatic heterocycles. The molecule has 1 aromatic carbocycles. The summed E-state index contributed by atoms with van der Waals surface area (Å²) in [4.78, 5) is 11.0. The first kappa shape index (κ1) is 14.2. The number of aliphatic carboxylic acids is 1. The van der Waals surface area contributed by atoms with Crippen LogP contribution in [0.3, 0.4) is 0 Å². The smallest absolute Gasteiger partial charge is 0.304 e. The SMILES string of the molecule is COc1cc(C(C)C)cc(C2(CC(=O)O)CC2)c1Cl. The lowest BCUT2D eigenvalue weighted by Crippen LogP contribution is -2.14. The molecule has 0 heterocycles. The molecule has 1 aromatic rings. The molecule has 0 bridgehead atoms. The zero-order valence-electron chi connectivity index (χ0n) is 11.5. The number of carbonyl (C=O) groups is 1. The van der Waals surface area contributed by atoms with E-state index in [1.807, 2.05) is 12.1 Å². The number of benzene rings is 1. The van der Waals surface area contributed by atoms with Crippen LogP contribution in [0.4, 0.5) is 0 Å². The Labute approximate surface area is 118 Å². The Kier molecular flexibility index (Phi) is 3.77. The maximum absolute atomic E-state index is 11.0. The molecule has 4 heteroatoms. The minimum atomic E-state index is -0.775. The summed E-state index contributed by atoms with van der Waals surface area (Å²) in [7, 11) is 1.59. The van der Waals surface area contributed by atoms with Gasteiger partial charge in [-0.05, 0) is 36.0 Å². The average molecular weight is 283 g/mol. The Balaban J connectivity index is 2.50. The molecule has 1 aliphatic carbocycles. The van der Waals surface area contributed by atoms with Gasteiger partial charge in [0.1, 0.15) is 5.75 Å². The van der Waals surface area contributed by atoms with Crippen molar-refractivity contribution >= 4 is 17.6 Å². The number of hydrogen-bond donors (Lipinski definition) is 1. The van der Waals surface area contributed by atoms with Crippen LogP contribution in [0.1, 0.15) is 50.2 Å². The number of carboxylic acid groups (broad SMARTS) is 1. The summed E-state index contributed by atoms with van der Waals surface area (Å²) in [6.45, 7) is 4.20. The summed E-state index contributed by atoms with van der Waals surface area (Å²) in [6, 6.07) is 3.98. The van der Waals surface area contributed by atoms with Crippen LogP contribution < -0.4 is 4.74 Å². The monoisotopic (exact) mass is 282 g/mol. The molecule has 0 unspecified atom stereocenters. The van der Waals surface area contributed by atoms with Gasteiger partial charge < -0.3 is 9.84 Å². The number of rotatable bonds is 5. The highest BCUT2D eigenvalue weighted by atomic mass is 35.5. The second kappa shape index (κ2) is 5.04. The van der Waals surface area contributed by atoms with Crippen LogP contribution >= 0.6 is 11.6 Å². The molecule has 0 atom stereocenters. The molecule has 104 valence electrons. The molecule has 19 heavy (non-hydrogen) atoms. The Morgan fingerprint density at radius 1 is 1.47 bits per heavy atom. The third kappa shape index (κ3) is 2.71. The number of ether oxygens (including phenoxy) is 1. The van der Waals surface area contributed by atoms with Gasteiger partial charge in [0.05, 0.1) is 18.6 Å². The average Bonchev–Trinajstić information content (AvgIpc) is 3.08. The van der Waals surface area contributed by atoms with Crippen molar-refractivity contribution in [3.05, 3.63) is 28.3 Å². The summed E-state index contributed by atoms with van der Waals surface area (Å²) in [5.41, 5.74) is 1.77. The molecule has 0 aliphatic heterocycles. The minimum absolute atomic E-state index is 0.136. The maximum Gasteiger partial charge on any atom is 0.304 e. The molecule has 1 aliphatic rings. The van der Waals surface area contributed by atoms with Gasteiger partial charge in [-0.2, -0.15) is 0 Å². The third-order valence-electron chi connectivity index (χ3n) is 3.86. The third-order valence-corrected chi connectivity index (χ3v) is 4.25. The fraction of sp³-hybridized carbons (Fsp3) is 0.533. The Bertz CT molecular complexity index is 504. The second-order valence-electron chi connectivity index (χ2n) is 5.59. The van der Waals surface area contributed by atoms with E-state index in [4.69, 9.17) is 21.4 Å². The van der Waals surface area contributed by atoms with Gasteiger partial charge in [0.15, 0.2) is 0 Å². The van der Waals surface area contributed by atoms with E-state index in [2.05, 4.69) is 13.8 Å². The number of hydrogen-bond acceptors (Lipinski definition) is 2. The van der Waals surface area contributed by atoms with E-state index in [1.54, 1.807) is 7.11 Å². The molecule has 0 spiro atoms. The van der Waals surface area contributed by atoms with E-state index in [-0.39, 0.29) is 11.8 Å². The van der Waals surface area contributed by atoms with Crippen LogP contribution in [0, 0.1) is 0 Å². The highest BCUT2D eigenvalue weighted by Gasteiger charge is 2.47. The van der Waals surface area contributed by atoms with Crippen molar-refractivity contribution in [2.45, 2.75) is 44.4 Å². The van der Waals surface area contributed by atoms with Crippen LogP contribution in [0.25, 0.3) is 0 Å². The van der Waals surface area contributed by atoms with E-state index in [0.717, 1.165) is 24.0 Å². The van der Waals surface area contributed by atoms with E-state index < -0.39 is 5.97 Å². The number of methoxy groups -OCH3 is 1. The minimum Gasteiger partial charge on any atom is -0.495 e. The summed E-state index contributed by atoms with van der Waals surface area (Å²) in [5, 5.41) is 9.63. The van der Waals surface area contributed by atoms with E-state index in [0.29, 0.717) is 16.7 Å². The molecule has 0 saturated heterocycles. The molecule has 2 rings (SSSR count). The zero-order valence-corrected chi connectivity index (χ0v) is 12.3. The van der Waals surface area contributed by atoms with Gasteiger partial charge in [0, 0.05) is 5.41 Å². The van der Waals surface area contributed by atoms with Gasteiger partial charge >= 0.3 is 5.97 Å². The summed E-state index contributed by atoms with van der Waals surface area (Å²) >= 11 is 6.38. The van der Waals surface area contributed by atoms with Crippen LogP contribution in [-0.4, -0.2) is 18.2 Å². The molecular formula is C15H19ClO3. The fourth-order valence-corrected chi connectivity index (χ4v) is 2.86. The summed E-state index contributed by atoms with van der Waals surface area (Å²) in [6.07, 6.45) is 1.89. The highest BCUT2D eigenvalue weighted by Crippen LogP contribution is 2.55. The van der Waals surface area contributed by atoms with Gasteiger partial charge in [-0.15, -0.1) is 0 Å². The van der Waals surface area contributed by atoms with Gasteiger partial charge in [0.2, 0.25) is 0 Å². The van der Waals surface area contributed by atoms with Crippen molar-refractivity contribution < 1.29 is 14.6 Å². The predicted octanol–water partition coefficient (Wildman–Crippen LogP) is 3.98. The maximum atomic E-state index is 11.0. The van der Waals surface area contributed by atoms with E-state index in [1.165, 1.54) is 0 Å². The molecule has 1 N–H and O–H groups in total. The lowest BCUT2D eigenvalue weighted by molar-refractivity contribution is -0.137. The topological polar surface area (TPSA) is 46.5 Å². The Hall–Kier alpha value is -1.22. The first-order valence-corrected chi connectivity index (χ1v) is 6.87. The van der Waals surface area contributed by atoms with Crippen molar-refractivity contribution in [3.63, 3.8) is 0 Å². The second-order valence-corrected chi connectivity index (χ2v) is 5.97. The predicted molar refractivity (Wildman–Crippen MR) is 75.3 cm³/mol. The molecule has 0 amide bonds. The number of halogens is 1. The first-order chi connectivity index (χ1) is 8.89. The molecule has 1 fully saturated rings. The van der Waals surface area contributed by atoms with Crippen LogP contribution in [0.2, 0.25) is 5.02 Å². The summed E-state index contributed by atoms with van der Waals surface area (Å²) in [5.74, 6) is 0.215. The van der Waals surface area contributed by atoms with Crippen LogP contribution in [0.15, 0.2) is 12.1 Å². The van der Waals surface area contributed by atoms with E-state index in [9.17, 15) is 4.79 Å². The summed E-state index contributed by atoms with van der Waals surface area (Å²) < 4.78 is 5.33. The van der Waals surface area contributed by atoms with Gasteiger partial charge in [-0.1, -0.05) is 31.5 Å². The molecular weight excluding hydrogens is 264 g/mol. The lowest BCUT2D eigenvalue weighted by atomic mass is 9.88. The van der Waals surface area contributed by atoms with E-state index >= 15 is 0 Å². The fourth-order valence-electron chi connectivity index (χ4n) is 2.47. The normalized spacial score (nSPS) is 16.5. The van der Waals surface area contributed by atoms with Gasteiger partial charge in [-0.25, -0.2) is 0 Å². The van der Waals surface area contributed by atoms with Crippen LogP contribution in [-0.2, 0) is 10.2 Å².